The number of nitrogens with one attached hydrogen (secondary N) is 1. The second-order valence-corrected chi connectivity index (χ2v) is 4.88. The number of carboxylic acid groups (broad SMARTS) is 1. The van der Waals surface area contributed by atoms with Crippen LogP contribution in [0.1, 0.15) is 20.8 Å². The molecule has 0 saturated heterocycles. The smallest absolute Gasteiger partial charge is 0.327 e. The van der Waals surface area contributed by atoms with Gasteiger partial charge in [-0.1, -0.05) is 25.6 Å². The van der Waals surface area contributed by atoms with Crippen molar-refractivity contribution in [3.05, 3.63) is 0 Å². The van der Waals surface area contributed by atoms with E-state index in [1.165, 1.54) is 6.92 Å². The first-order valence-corrected chi connectivity index (χ1v) is 5.95. The van der Waals surface area contributed by atoms with Crippen LogP contribution in [0.3, 0.4) is 0 Å². The zero-order valence-corrected chi connectivity index (χ0v) is 10.7. The molecule has 0 spiro atoms. The molecule has 0 rings (SSSR count). The van der Waals surface area contributed by atoms with E-state index in [1.54, 1.807) is 13.8 Å². The third-order valence-corrected chi connectivity index (χ3v) is 2.71. The van der Waals surface area contributed by atoms with Crippen LogP contribution in [0.5, 0.6) is 0 Å². The lowest BCUT2D eigenvalue weighted by molar-refractivity contribution is -0.144. The Morgan fingerprint density at radius 1 is 1.24 bits per heavy atom. The second kappa shape index (κ2) is 7.05. The van der Waals surface area contributed by atoms with E-state index in [0.717, 1.165) is 11.8 Å². The molecule has 7 heteroatoms. The van der Waals surface area contributed by atoms with Crippen molar-refractivity contribution < 1.29 is 24.3 Å². The van der Waals surface area contributed by atoms with Crippen molar-refractivity contribution in [2.24, 2.45) is 5.92 Å². The van der Waals surface area contributed by atoms with Gasteiger partial charge in [0.15, 0.2) is 5.12 Å². The van der Waals surface area contributed by atoms with Crippen LogP contribution in [0.15, 0.2) is 0 Å². The summed E-state index contributed by atoms with van der Waals surface area (Å²) in [7, 11) is 0. The molecule has 0 aromatic carbocycles. The highest BCUT2D eigenvalue weighted by molar-refractivity contribution is 8.13. The van der Waals surface area contributed by atoms with E-state index in [4.69, 9.17) is 5.11 Å². The largest absolute Gasteiger partial charge is 0.480 e. The fraction of sp³-hybridized carbons (Fsp3) is 0.600. The molecule has 0 bridgehead atoms. The number of carbonyl (C=O) groups is 4. The topological polar surface area (TPSA) is 101 Å². The van der Waals surface area contributed by atoms with E-state index in [9.17, 15) is 19.2 Å². The average Bonchev–Trinajstić information content (AvgIpc) is 2.21. The number of hydrogen-bond donors (Lipinski definition) is 2. The summed E-state index contributed by atoms with van der Waals surface area (Å²) in [6, 6.07) is -1.24. The lowest BCUT2D eigenvalue weighted by Gasteiger charge is -2.13. The van der Waals surface area contributed by atoms with E-state index in [1.807, 2.05) is 0 Å². The summed E-state index contributed by atoms with van der Waals surface area (Å²) in [6.07, 6.45) is 0. The second-order valence-electron chi connectivity index (χ2n) is 3.69. The van der Waals surface area contributed by atoms with E-state index in [0.29, 0.717) is 0 Å². The molecule has 0 aliphatic heterocycles. The summed E-state index contributed by atoms with van der Waals surface area (Å²) in [5.41, 5.74) is 0. The van der Waals surface area contributed by atoms with Gasteiger partial charge >= 0.3 is 5.97 Å². The summed E-state index contributed by atoms with van der Waals surface area (Å²) >= 11 is 0.784. The molecule has 1 amide bonds. The van der Waals surface area contributed by atoms with Crippen LogP contribution in [0, 0.1) is 5.92 Å². The van der Waals surface area contributed by atoms with Crippen LogP contribution in [0.2, 0.25) is 0 Å². The number of aliphatic carboxylic acids is 1. The first-order chi connectivity index (χ1) is 7.75. The normalized spacial score (nSPS) is 12.0. The molecule has 1 unspecified atom stereocenters. The SMILES string of the molecule is CC(=O)SCC(NC(=O)C(=O)C(C)C)C(=O)O. The third kappa shape index (κ3) is 6.06. The highest BCUT2D eigenvalue weighted by Gasteiger charge is 2.25. The minimum Gasteiger partial charge on any atom is -0.480 e. The Hall–Kier alpha value is -1.37. The molecule has 0 aromatic rings. The molecule has 0 aromatic heterocycles. The first kappa shape index (κ1) is 15.6. The predicted octanol–water partition coefficient (Wildman–Crippen LogP) is 0.0606. The van der Waals surface area contributed by atoms with Crippen LogP contribution in [0.4, 0.5) is 0 Å². The molecule has 1 atom stereocenters. The molecule has 0 aliphatic carbocycles. The number of Topliss-reactive ketones (excluding diaryl/α,β-unsaturated/α-hetero) is 1. The summed E-state index contributed by atoms with van der Waals surface area (Å²) in [5, 5.41) is 10.6. The number of carboxylic acids is 1. The van der Waals surface area contributed by atoms with Crippen molar-refractivity contribution in [2.75, 3.05) is 5.75 Å². The van der Waals surface area contributed by atoms with Gasteiger partial charge in [-0.3, -0.25) is 14.4 Å². The molecule has 17 heavy (non-hydrogen) atoms. The zero-order chi connectivity index (χ0) is 13.6. The van der Waals surface area contributed by atoms with Crippen molar-refractivity contribution in [1.29, 1.82) is 0 Å². The molecule has 0 aliphatic rings. The average molecular weight is 261 g/mol. The van der Waals surface area contributed by atoms with E-state index < -0.39 is 29.6 Å². The predicted molar refractivity (Wildman–Crippen MR) is 62.6 cm³/mol. The fourth-order valence-electron chi connectivity index (χ4n) is 0.867. The van der Waals surface area contributed by atoms with Crippen molar-refractivity contribution in [3.63, 3.8) is 0 Å². The molecule has 0 saturated carbocycles. The zero-order valence-electron chi connectivity index (χ0n) is 9.85. The molecule has 0 radical (unpaired) electrons. The van der Waals surface area contributed by atoms with Gasteiger partial charge in [-0.2, -0.15) is 0 Å². The Bertz CT molecular complexity index is 340. The Kier molecular flexibility index (Phi) is 6.48. The maximum absolute atomic E-state index is 11.3. The quantitative estimate of drug-likeness (QED) is 0.656. The Morgan fingerprint density at radius 3 is 2.12 bits per heavy atom. The number of rotatable bonds is 6. The number of thioether (sulfide) groups is 1. The molecule has 96 valence electrons. The Morgan fingerprint density at radius 2 is 1.76 bits per heavy atom. The van der Waals surface area contributed by atoms with Crippen molar-refractivity contribution in [2.45, 2.75) is 26.8 Å². The van der Waals surface area contributed by atoms with Crippen LogP contribution in [-0.2, 0) is 19.2 Å². The molecule has 2 N–H and O–H groups in total. The number of carbonyl (C=O) groups excluding carboxylic acids is 3. The van der Waals surface area contributed by atoms with Gasteiger partial charge in [-0.25, -0.2) is 4.79 Å². The minimum atomic E-state index is -1.27. The van der Waals surface area contributed by atoms with E-state index >= 15 is 0 Å². The van der Waals surface area contributed by atoms with Crippen LogP contribution in [0.25, 0.3) is 0 Å². The van der Waals surface area contributed by atoms with Gasteiger partial charge in [0.25, 0.3) is 5.91 Å². The van der Waals surface area contributed by atoms with Crippen molar-refractivity contribution in [1.82, 2.24) is 5.32 Å². The van der Waals surface area contributed by atoms with Gasteiger partial charge < -0.3 is 10.4 Å². The lowest BCUT2D eigenvalue weighted by Crippen LogP contribution is -2.46. The van der Waals surface area contributed by atoms with Gasteiger partial charge in [-0.15, -0.1) is 0 Å². The van der Waals surface area contributed by atoms with Crippen molar-refractivity contribution >= 4 is 34.5 Å². The molecular formula is C10H15NO5S. The van der Waals surface area contributed by atoms with Gasteiger partial charge in [0.05, 0.1) is 0 Å². The standard InChI is InChI=1S/C10H15NO5S/c1-5(2)8(13)9(14)11-7(10(15)16)4-17-6(3)12/h5,7H,4H2,1-3H3,(H,11,14)(H,15,16). The summed E-state index contributed by atoms with van der Waals surface area (Å²) in [6.45, 7) is 4.38. The maximum atomic E-state index is 11.3. The lowest BCUT2D eigenvalue weighted by atomic mass is 10.1. The van der Waals surface area contributed by atoms with Crippen molar-refractivity contribution in [3.8, 4) is 0 Å². The maximum Gasteiger partial charge on any atom is 0.327 e. The molecule has 0 heterocycles. The third-order valence-electron chi connectivity index (χ3n) is 1.80. The van der Waals surface area contributed by atoms with Gasteiger partial charge in [-0.05, 0) is 0 Å². The van der Waals surface area contributed by atoms with Gasteiger partial charge in [0.1, 0.15) is 6.04 Å². The number of hydrogen-bond acceptors (Lipinski definition) is 5. The highest BCUT2D eigenvalue weighted by atomic mass is 32.2. The number of amides is 1. The molecule has 0 fully saturated rings. The van der Waals surface area contributed by atoms with Crippen LogP contribution >= 0.6 is 11.8 Å². The van der Waals surface area contributed by atoms with Crippen LogP contribution in [-0.4, -0.2) is 39.7 Å². The Balaban J connectivity index is 4.45. The monoisotopic (exact) mass is 261 g/mol. The summed E-state index contributed by atoms with van der Waals surface area (Å²) < 4.78 is 0. The molecule has 6 nitrogen and oxygen atoms in total. The van der Waals surface area contributed by atoms with Gasteiger partial charge in [0.2, 0.25) is 5.78 Å². The van der Waals surface area contributed by atoms with E-state index in [-0.39, 0.29) is 10.9 Å². The first-order valence-electron chi connectivity index (χ1n) is 4.96. The molecular weight excluding hydrogens is 246 g/mol. The Labute approximate surface area is 103 Å². The summed E-state index contributed by atoms with van der Waals surface area (Å²) in [5.74, 6) is -3.48. The highest BCUT2D eigenvalue weighted by Crippen LogP contribution is 2.05. The number of ketones is 1. The van der Waals surface area contributed by atoms with Gasteiger partial charge in [0, 0.05) is 18.6 Å². The fourth-order valence-corrected chi connectivity index (χ4v) is 1.49. The van der Waals surface area contributed by atoms with Crippen LogP contribution < -0.4 is 5.32 Å². The summed E-state index contributed by atoms with van der Waals surface area (Å²) in [4.78, 5) is 44.1. The van der Waals surface area contributed by atoms with E-state index in [2.05, 4.69) is 5.32 Å². The minimum absolute atomic E-state index is 0.0955.